The average molecular weight is 474 g/mol. The van der Waals surface area contributed by atoms with Crippen LogP contribution in [0.25, 0.3) is 0 Å². The van der Waals surface area contributed by atoms with Crippen LogP contribution in [-0.2, 0) is 14.3 Å². The molecule has 7 nitrogen and oxygen atoms in total. The molecule has 2 aromatic rings. The van der Waals surface area contributed by atoms with Crippen LogP contribution in [0.15, 0.2) is 97.0 Å². The number of allylic oxidation sites excluding steroid dienone is 3. The van der Waals surface area contributed by atoms with Crippen molar-refractivity contribution in [2.45, 2.75) is 24.3 Å². The van der Waals surface area contributed by atoms with Crippen molar-refractivity contribution < 1.29 is 19.1 Å². The van der Waals surface area contributed by atoms with Gasteiger partial charge in [-0.05, 0) is 42.2 Å². The molecule has 1 aromatic heterocycles. The minimum atomic E-state index is -0.453. The Morgan fingerprint density at radius 1 is 1.21 bits per heavy atom. The summed E-state index contributed by atoms with van der Waals surface area (Å²) in [6, 6.07) is 12.4. The zero-order valence-electron chi connectivity index (χ0n) is 18.3. The number of anilines is 1. The SMILES string of the molecule is O=C(CSC1c2ccccc2C(=O)N1C(C1=CC=CCC1)C1=COC=CO1)Nc1ccccn1. The quantitative estimate of drug-likeness (QED) is 0.615. The van der Waals surface area contributed by atoms with Crippen molar-refractivity contribution in [2.75, 3.05) is 11.1 Å². The highest BCUT2D eigenvalue weighted by Gasteiger charge is 2.44. The smallest absolute Gasteiger partial charge is 0.256 e. The van der Waals surface area contributed by atoms with Gasteiger partial charge in [0.1, 0.15) is 36.0 Å². The van der Waals surface area contributed by atoms with Crippen molar-refractivity contribution in [2.24, 2.45) is 0 Å². The minimum absolute atomic E-state index is 0.0993. The second-order valence-electron chi connectivity index (χ2n) is 7.88. The number of carbonyl (C=O) groups excluding carboxylic acids is 2. The fourth-order valence-electron chi connectivity index (χ4n) is 4.24. The summed E-state index contributed by atoms with van der Waals surface area (Å²) in [6.07, 6.45) is 13.9. The van der Waals surface area contributed by atoms with Crippen LogP contribution >= 0.6 is 11.8 Å². The molecule has 5 rings (SSSR count). The maximum Gasteiger partial charge on any atom is 0.256 e. The van der Waals surface area contributed by atoms with Crippen LogP contribution in [0.3, 0.4) is 0 Å². The van der Waals surface area contributed by atoms with E-state index in [0.29, 0.717) is 17.1 Å². The first kappa shape index (κ1) is 22.0. The van der Waals surface area contributed by atoms with Crippen LogP contribution in [0.5, 0.6) is 0 Å². The predicted octanol–water partition coefficient (Wildman–Crippen LogP) is 4.91. The Balaban J connectivity index is 1.45. The molecule has 0 saturated carbocycles. The van der Waals surface area contributed by atoms with Gasteiger partial charge in [-0.2, -0.15) is 0 Å². The normalized spacial score (nSPS) is 19.5. The molecule has 2 atom stereocenters. The second-order valence-corrected chi connectivity index (χ2v) is 8.95. The van der Waals surface area contributed by atoms with Crippen LogP contribution < -0.4 is 5.32 Å². The summed E-state index contributed by atoms with van der Waals surface area (Å²) >= 11 is 1.40. The summed E-state index contributed by atoms with van der Waals surface area (Å²) in [7, 11) is 0. The molecule has 3 heterocycles. The fraction of sp³-hybridized carbons (Fsp3) is 0.192. The van der Waals surface area contributed by atoms with Gasteiger partial charge in [-0.1, -0.05) is 42.5 Å². The monoisotopic (exact) mass is 473 g/mol. The number of nitrogens with zero attached hydrogens (tertiary/aromatic N) is 2. The van der Waals surface area contributed by atoms with E-state index in [1.165, 1.54) is 30.5 Å². The third-order valence-corrected chi connectivity index (χ3v) is 6.94. The lowest BCUT2D eigenvalue weighted by molar-refractivity contribution is -0.113. The third-order valence-electron chi connectivity index (χ3n) is 5.72. The number of rotatable bonds is 7. The molecule has 34 heavy (non-hydrogen) atoms. The highest BCUT2D eigenvalue weighted by atomic mass is 32.2. The first-order valence-electron chi connectivity index (χ1n) is 11.0. The molecule has 2 amide bonds. The molecule has 8 heteroatoms. The van der Waals surface area contributed by atoms with Crippen molar-refractivity contribution in [3.63, 3.8) is 0 Å². The van der Waals surface area contributed by atoms with Gasteiger partial charge in [-0.15, -0.1) is 11.8 Å². The van der Waals surface area contributed by atoms with E-state index in [2.05, 4.69) is 16.4 Å². The minimum Gasteiger partial charge on any atom is -0.466 e. The lowest BCUT2D eigenvalue weighted by Gasteiger charge is -2.36. The van der Waals surface area contributed by atoms with Crippen molar-refractivity contribution in [1.29, 1.82) is 0 Å². The van der Waals surface area contributed by atoms with E-state index < -0.39 is 6.04 Å². The number of hydrogen-bond donors (Lipinski definition) is 1. The van der Waals surface area contributed by atoms with E-state index in [9.17, 15) is 9.59 Å². The van der Waals surface area contributed by atoms with Crippen molar-refractivity contribution >= 4 is 29.4 Å². The summed E-state index contributed by atoms with van der Waals surface area (Å²) in [5.41, 5.74) is 2.57. The van der Waals surface area contributed by atoms with Crippen molar-refractivity contribution in [1.82, 2.24) is 9.88 Å². The van der Waals surface area contributed by atoms with E-state index in [1.807, 2.05) is 47.4 Å². The summed E-state index contributed by atoms with van der Waals surface area (Å²) in [4.78, 5) is 32.3. The second kappa shape index (κ2) is 10.0. The van der Waals surface area contributed by atoms with Gasteiger partial charge in [-0.3, -0.25) is 9.59 Å². The molecule has 1 aliphatic carbocycles. The Hall–Kier alpha value is -3.78. The van der Waals surface area contributed by atoms with Crippen molar-refractivity contribution in [3.8, 4) is 0 Å². The van der Waals surface area contributed by atoms with Gasteiger partial charge < -0.3 is 19.7 Å². The lowest BCUT2D eigenvalue weighted by Crippen LogP contribution is -2.41. The van der Waals surface area contributed by atoms with Crippen LogP contribution in [0.4, 0.5) is 5.82 Å². The topological polar surface area (TPSA) is 80.8 Å². The number of hydrogen-bond acceptors (Lipinski definition) is 6. The summed E-state index contributed by atoms with van der Waals surface area (Å²) < 4.78 is 11.2. The molecule has 172 valence electrons. The molecule has 3 aliphatic rings. The summed E-state index contributed by atoms with van der Waals surface area (Å²) in [5.74, 6) is 0.902. The van der Waals surface area contributed by atoms with E-state index in [1.54, 1.807) is 18.3 Å². The molecule has 2 aliphatic heterocycles. The van der Waals surface area contributed by atoms with E-state index in [4.69, 9.17) is 9.47 Å². The van der Waals surface area contributed by atoms with Crippen LogP contribution in [0, 0.1) is 0 Å². The number of pyridine rings is 1. The largest absolute Gasteiger partial charge is 0.466 e. The van der Waals surface area contributed by atoms with Gasteiger partial charge in [0.05, 0.1) is 5.75 Å². The number of fused-ring (bicyclic) bond motifs is 1. The highest BCUT2D eigenvalue weighted by Crippen LogP contribution is 2.46. The van der Waals surface area contributed by atoms with Crippen LogP contribution in [-0.4, -0.2) is 33.5 Å². The summed E-state index contributed by atoms with van der Waals surface area (Å²) in [6.45, 7) is 0. The number of thioether (sulfide) groups is 1. The Labute approximate surface area is 201 Å². The van der Waals surface area contributed by atoms with Gasteiger partial charge >= 0.3 is 0 Å². The van der Waals surface area contributed by atoms with E-state index in [-0.39, 0.29) is 22.9 Å². The lowest BCUT2D eigenvalue weighted by atomic mass is 9.95. The fourth-order valence-corrected chi connectivity index (χ4v) is 5.39. The molecular weight excluding hydrogens is 450 g/mol. The number of benzene rings is 1. The zero-order valence-corrected chi connectivity index (χ0v) is 19.1. The molecule has 0 radical (unpaired) electrons. The number of amides is 2. The van der Waals surface area contributed by atoms with E-state index in [0.717, 1.165) is 24.0 Å². The molecule has 0 fully saturated rings. The first-order chi connectivity index (χ1) is 16.7. The molecule has 0 saturated heterocycles. The van der Waals surface area contributed by atoms with E-state index >= 15 is 0 Å². The maximum atomic E-state index is 13.7. The van der Waals surface area contributed by atoms with Gasteiger partial charge in [0, 0.05) is 11.8 Å². The third kappa shape index (κ3) is 4.49. The zero-order chi connectivity index (χ0) is 23.3. The van der Waals surface area contributed by atoms with Gasteiger partial charge in [0.25, 0.3) is 5.91 Å². The Kier molecular flexibility index (Phi) is 6.49. The first-order valence-corrected chi connectivity index (χ1v) is 12.0. The average Bonchev–Trinajstić information content (AvgIpc) is 3.16. The Morgan fingerprint density at radius 3 is 2.85 bits per heavy atom. The molecule has 1 N–H and O–H groups in total. The van der Waals surface area contributed by atoms with Crippen molar-refractivity contribution in [3.05, 3.63) is 108 Å². The number of carbonyl (C=O) groups is 2. The van der Waals surface area contributed by atoms with Crippen LogP contribution in [0.1, 0.15) is 34.1 Å². The molecule has 0 bridgehead atoms. The summed E-state index contributed by atoms with van der Waals surface area (Å²) in [5, 5.41) is 2.44. The molecule has 2 unspecified atom stereocenters. The maximum absolute atomic E-state index is 13.7. The number of aromatic nitrogens is 1. The van der Waals surface area contributed by atoms with Crippen LogP contribution in [0.2, 0.25) is 0 Å². The van der Waals surface area contributed by atoms with Gasteiger partial charge in [0.2, 0.25) is 5.91 Å². The molecule has 1 aromatic carbocycles. The molecule has 0 spiro atoms. The van der Waals surface area contributed by atoms with Gasteiger partial charge in [0.15, 0.2) is 5.76 Å². The Bertz CT molecular complexity index is 1210. The number of ether oxygens (including phenoxy) is 2. The number of nitrogens with one attached hydrogen (secondary N) is 1. The van der Waals surface area contributed by atoms with Gasteiger partial charge in [-0.25, -0.2) is 4.98 Å². The standard InChI is InChI=1S/C26H23N3O4S/c30-23(28-22-12-6-7-13-27-22)17-34-26-20-11-5-4-10-19(20)25(31)29(26)24(18-8-2-1-3-9-18)21-16-32-14-15-33-21/h1-2,4-8,10-16,24,26H,3,9,17H2,(H,27,28,30). The predicted molar refractivity (Wildman–Crippen MR) is 130 cm³/mol. The highest BCUT2D eigenvalue weighted by molar-refractivity contribution is 8.00. The Morgan fingerprint density at radius 2 is 2.09 bits per heavy atom. The molecular formula is C26H23N3O4S.